The highest BCUT2D eigenvalue weighted by Crippen LogP contribution is 2.24. The standard InChI is InChI=1S/C16H22N2O2/c1-11(17)10-18-8-7-12-5-6-13(9-14(12)18)20-15(19)16(2,3)4/h5-9,11H,10,17H2,1-4H3/t11-/m1/s1. The molecule has 0 aliphatic heterocycles. The zero-order chi connectivity index (χ0) is 14.9. The maximum absolute atomic E-state index is 11.9. The summed E-state index contributed by atoms with van der Waals surface area (Å²) in [5.74, 6) is 0.337. The van der Waals surface area contributed by atoms with Crippen LogP contribution in [0.1, 0.15) is 27.7 Å². The number of ether oxygens (including phenoxy) is 1. The Morgan fingerprint density at radius 3 is 2.65 bits per heavy atom. The average Bonchev–Trinajstić information content (AvgIpc) is 2.70. The second-order valence-electron chi connectivity index (χ2n) is 6.31. The molecule has 0 fully saturated rings. The smallest absolute Gasteiger partial charge is 0.316 e. The van der Waals surface area contributed by atoms with Crippen molar-refractivity contribution in [2.24, 2.45) is 11.1 Å². The number of fused-ring (bicyclic) bond motifs is 1. The maximum atomic E-state index is 11.9. The molecule has 0 spiro atoms. The van der Waals surface area contributed by atoms with Gasteiger partial charge in [0, 0.05) is 24.8 Å². The normalized spacial score (nSPS) is 13.4. The molecule has 1 aromatic carbocycles. The second kappa shape index (κ2) is 5.29. The summed E-state index contributed by atoms with van der Waals surface area (Å²) in [6.07, 6.45) is 2.00. The molecule has 0 unspecified atom stereocenters. The molecule has 4 nitrogen and oxygen atoms in total. The number of nitrogens with zero attached hydrogens (tertiary/aromatic N) is 1. The molecular weight excluding hydrogens is 252 g/mol. The molecule has 0 saturated carbocycles. The predicted molar refractivity (Wildman–Crippen MR) is 80.7 cm³/mol. The minimum absolute atomic E-state index is 0.0754. The summed E-state index contributed by atoms with van der Waals surface area (Å²) in [4.78, 5) is 11.9. The van der Waals surface area contributed by atoms with Crippen molar-refractivity contribution >= 4 is 16.9 Å². The Labute approximate surface area is 119 Å². The van der Waals surface area contributed by atoms with Gasteiger partial charge in [-0.1, -0.05) is 0 Å². The van der Waals surface area contributed by atoms with Gasteiger partial charge in [0.05, 0.1) is 10.9 Å². The third kappa shape index (κ3) is 3.20. The van der Waals surface area contributed by atoms with Gasteiger partial charge in [0.2, 0.25) is 0 Å². The number of hydrogen-bond donors (Lipinski definition) is 1. The van der Waals surface area contributed by atoms with Crippen molar-refractivity contribution in [2.75, 3.05) is 0 Å². The Morgan fingerprint density at radius 2 is 2.05 bits per heavy atom. The number of carbonyl (C=O) groups is 1. The Balaban J connectivity index is 2.30. The van der Waals surface area contributed by atoms with E-state index in [4.69, 9.17) is 10.5 Å². The number of hydrogen-bond acceptors (Lipinski definition) is 3. The molecule has 20 heavy (non-hydrogen) atoms. The number of esters is 1. The van der Waals surface area contributed by atoms with Crippen LogP contribution in [0.4, 0.5) is 0 Å². The highest BCUT2D eigenvalue weighted by Gasteiger charge is 2.23. The van der Waals surface area contributed by atoms with Crippen molar-refractivity contribution in [3.05, 3.63) is 30.5 Å². The van der Waals surface area contributed by atoms with Crippen LogP contribution in [0, 0.1) is 5.41 Å². The van der Waals surface area contributed by atoms with Crippen molar-refractivity contribution < 1.29 is 9.53 Å². The van der Waals surface area contributed by atoms with Gasteiger partial charge in [0.1, 0.15) is 5.75 Å². The highest BCUT2D eigenvalue weighted by molar-refractivity contribution is 5.83. The zero-order valence-corrected chi connectivity index (χ0v) is 12.5. The molecule has 0 aliphatic rings. The summed E-state index contributed by atoms with van der Waals surface area (Å²) in [6.45, 7) is 8.22. The van der Waals surface area contributed by atoms with E-state index in [-0.39, 0.29) is 12.0 Å². The first-order valence-electron chi connectivity index (χ1n) is 6.84. The lowest BCUT2D eigenvalue weighted by molar-refractivity contribution is -0.142. The maximum Gasteiger partial charge on any atom is 0.316 e. The van der Waals surface area contributed by atoms with Crippen LogP contribution in [-0.4, -0.2) is 16.6 Å². The summed E-state index contributed by atoms with van der Waals surface area (Å²) in [7, 11) is 0. The third-order valence-corrected chi connectivity index (χ3v) is 3.05. The molecule has 0 aliphatic carbocycles. The number of carbonyl (C=O) groups excluding carboxylic acids is 1. The van der Waals surface area contributed by atoms with E-state index in [0.29, 0.717) is 5.75 Å². The van der Waals surface area contributed by atoms with Crippen LogP contribution >= 0.6 is 0 Å². The Morgan fingerprint density at radius 1 is 1.35 bits per heavy atom. The molecule has 1 heterocycles. The summed E-state index contributed by atoms with van der Waals surface area (Å²) >= 11 is 0. The molecule has 0 saturated heterocycles. The van der Waals surface area contributed by atoms with Crippen molar-refractivity contribution in [1.82, 2.24) is 4.57 Å². The fourth-order valence-corrected chi connectivity index (χ4v) is 1.96. The van der Waals surface area contributed by atoms with Gasteiger partial charge in [0.25, 0.3) is 0 Å². The van der Waals surface area contributed by atoms with Gasteiger partial charge in [-0.25, -0.2) is 0 Å². The van der Waals surface area contributed by atoms with E-state index in [0.717, 1.165) is 17.4 Å². The minimum Gasteiger partial charge on any atom is -0.426 e. The molecule has 4 heteroatoms. The molecule has 0 amide bonds. The molecule has 0 bridgehead atoms. The summed E-state index contributed by atoms with van der Waals surface area (Å²) in [6, 6.07) is 7.78. The topological polar surface area (TPSA) is 57.2 Å². The van der Waals surface area contributed by atoms with E-state index in [9.17, 15) is 4.79 Å². The van der Waals surface area contributed by atoms with E-state index in [2.05, 4.69) is 4.57 Å². The molecule has 0 radical (unpaired) electrons. The van der Waals surface area contributed by atoms with Gasteiger partial charge < -0.3 is 15.0 Å². The largest absolute Gasteiger partial charge is 0.426 e. The van der Waals surface area contributed by atoms with Crippen molar-refractivity contribution in [3.63, 3.8) is 0 Å². The second-order valence-corrected chi connectivity index (χ2v) is 6.31. The van der Waals surface area contributed by atoms with Crippen LogP contribution in [0.25, 0.3) is 10.9 Å². The number of benzene rings is 1. The van der Waals surface area contributed by atoms with Crippen LogP contribution in [0.2, 0.25) is 0 Å². The summed E-state index contributed by atoms with van der Waals surface area (Å²) in [5.41, 5.74) is 6.36. The monoisotopic (exact) mass is 274 g/mol. The van der Waals surface area contributed by atoms with E-state index in [1.54, 1.807) is 0 Å². The van der Waals surface area contributed by atoms with Crippen LogP contribution < -0.4 is 10.5 Å². The van der Waals surface area contributed by atoms with Crippen molar-refractivity contribution in [3.8, 4) is 5.75 Å². The highest BCUT2D eigenvalue weighted by atomic mass is 16.5. The lowest BCUT2D eigenvalue weighted by Crippen LogP contribution is -2.25. The fraction of sp³-hybridized carbons (Fsp3) is 0.438. The Bertz CT molecular complexity index is 621. The van der Waals surface area contributed by atoms with Gasteiger partial charge in [-0.05, 0) is 51.3 Å². The molecule has 2 rings (SSSR count). The molecule has 1 aromatic heterocycles. The first-order chi connectivity index (χ1) is 9.27. The van der Waals surface area contributed by atoms with E-state index < -0.39 is 5.41 Å². The fourth-order valence-electron chi connectivity index (χ4n) is 1.96. The molecule has 2 N–H and O–H groups in total. The zero-order valence-electron chi connectivity index (χ0n) is 12.5. The van der Waals surface area contributed by atoms with Crippen LogP contribution in [0.3, 0.4) is 0 Å². The Hall–Kier alpha value is -1.81. The van der Waals surface area contributed by atoms with Crippen LogP contribution in [-0.2, 0) is 11.3 Å². The predicted octanol–water partition coefficient (Wildman–Crippen LogP) is 2.94. The quantitative estimate of drug-likeness (QED) is 0.691. The first-order valence-corrected chi connectivity index (χ1v) is 6.84. The van der Waals surface area contributed by atoms with Gasteiger partial charge in [0.15, 0.2) is 0 Å². The van der Waals surface area contributed by atoms with Crippen LogP contribution in [0.15, 0.2) is 30.5 Å². The summed E-state index contributed by atoms with van der Waals surface area (Å²) < 4.78 is 7.51. The van der Waals surface area contributed by atoms with Gasteiger partial charge in [-0.2, -0.15) is 0 Å². The lowest BCUT2D eigenvalue weighted by atomic mass is 9.97. The molecule has 2 aromatic rings. The number of rotatable bonds is 3. The first kappa shape index (κ1) is 14.6. The SMILES string of the molecule is C[C@@H](N)Cn1ccc2ccc(OC(=O)C(C)(C)C)cc21. The molecule has 108 valence electrons. The van der Waals surface area contributed by atoms with Gasteiger partial charge >= 0.3 is 5.97 Å². The van der Waals surface area contributed by atoms with Gasteiger partial charge in [-0.3, -0.25) is 4.79 Å². The van der Waals surface area contributed by atoms with Crippen LogP contribution in [0.5, 0.6) is 5.75 Å². The Kier molecular flexibility index (Phi) is 3.86. The number of aromatic nitrogens is 1. The molecule has 1 atom stereocenters. The minimum atomic E-state index is -0.511. The average molecular weight is 274 g/mol. The van der Waals surface area contributed by atoms with Crippen molar-refractivity contribution in [2.45, 2.75) is 40.3 Å². The lowest BCUT2D eigenvalue weighted by Gasteiger charge is -2.16. The van der Waals surface area contributed by atoms with Crippen molar-refractivity contribution in [1.29, 1.82) is 0 Å². The molecular formula is C16H22N2O2. The van der Waals surface area contributed by atoms with Gasteiger partial charge in [-0.15, -0.1) is 0 Å². The number of nitrogens with two attached hydrogens (primary N) is 1. The van der Waals surface area contributed by atoms with E-state index in [1.807, 2.05) is 58.2 Å². The van der Waals surface area contributed by atoms with E-state index in [1.165, 1.54) is 0 Å². The third-order valence-electron chi connectivity index (χ3n) is 3.05. The summed E-state index contributed by atoms with van der Waals surface area (Å²) in [5, 5.41) is 1.11. The van der Waals surface area contributed by atoms with E-state index >= 15 is 0 Å².